The van der Waals surface area contributed by atoms with Crippen LogP contribution in [0.1, 0.15) is 37.4 Å². The first-order chi connectivity index (χ1) is 12.4. The summed E-state index contributed by atoms with van der Waals surface area (Å²) in [6.45, 7) is 4.57. The van der Waals surface area contributed by atoms with Gasteiger partial charge in [0.05, 0.1) is 17.4 Å². The van der Waals surface area contributed by atoms with Crippen LogP contribution in [0.15, 0.2) is 49.1 Å². The summed E-state index contributed by atoms with van der Waals surface area (Å²) in [7, 11) is 0. The Hall–Kier alpha value is -2.27. The Kier molecular flexibility index (Phi) is 5.02. The van der Waals surface area contributed by atoms with E-state index in [-0.39, 0.29) is 0 Å². The topological polar surface area (TPSA) is 46.8 Å². The number of para-hydroxylation sites is 2. The van der Waals surface area contributed by atoms with Gasteiger partial charge in [0.25, 0.3) is 0 Å². The van der Waals surface area contributed by atoms with Crippen LogP contribution in [0.3, 0.4) is 0 Å². The molecule has 1 aliphatic heterocycles. The zero-order valence-electron chi connectivity index (χ0n) is 14.6. The first-order valence-corrected chi connectivity index (χ1v) is 9.29. The number of aryl methyl sites for hydroxylation is 1. The van der Waals surface area contributed by atoms with Gasteiger partial charge in [-0.2, -0.15) is 0 Å². The van der Waals surface area contributed by atoms with Crippen molar-refractivity contribution in [1.82, 2.24) is 24.4 Å². The molecule has 0 saturated carbocycles. The van der Waals surface area contributed by atoms with E-state index in [0.717, 1.165) is 31.0 Å². The molecule has 0 atom stereocenters. The number of unbranched alkanes of at least 4 members (excludes halogenated alkanes) is 1. The van der Waals surface area contributed by atoms with Crippen LogP contribution < -0.4 is 0 Å². The van der Waals surface area contributed by atoms with E-state index in [2.05, 4.69) is 42.6 Å². The van der Waals surface area contributed by atoms with Crippen LogP contribution >= 0.6 is 0 Å². The van der Waals surface area contributed by atoms with Crippen LogP contribution in [0.4, 0.5) is 0 Å². The number of rotatable bonds is 6. The Morgan fingerprint density at radius 1 is 0.880 bits per heavy atom. The van der Waals surface area contributed by atoms with Gasteiger partial charge in [0.1, 0.15) is 5.82 Å². The number of piperidine rings is 1. The van der Waals surface area contributed by atoms with E-state index in [1.54, 1.807) is 0 Å². The van der Waals surface area contributed by atoms with E-state index in [1.165, 1.54) is 37.7 Å². The van der Waals surface area contributed by atoms with Gasteiger partial charge >= 0.3 is 0 Å². The van der Waals surface area contributed by atoms with Gasteiger partial charge in [0.15, 0.2) is 0 Å². The predicted molar refractivity (Wildman–Crippen MR) is 99.4 cm³/mol. The molecule has 0 amide bonds. The lowest BCUT2D eigenvalue weighted by Gasteiger charge is -2.31. The maximum absolute atomic E-state index is 4.47. The number of imidazole rings is 1. The summed E-state index contributed by atoms with van der Waals surface area (Å²) in [4.78, 5) is 15.9. The van der Waals surface area contributed by atoms with Crippen molar-refractivity contribution in [3.8, 4) is 0 Å². The summed E-state index contributed by atoms with van der Waals surface area (Å²) in [6.07, 6.45) is 10.5. The summed E-state index contributed by atoms with van der Waals surface area (Å²) in [6, 6.07) is 10.2. The molecule has 130 valence electrons. The summed E-state index contributed by atoms with van der Waals surface area (Å²) in [5, 5.41) is 0. The highest BCUT2D eigenvalue weighted by Crippen LogP contribution is 2.25. The van der Waals surface area contributed by atoms with Crippen LogP contribution in [0, 0.1) is 0 Å². The fourth-order valence-electron chi connectivity index (χ4n) is 3.74. The molecule has 25 heavy (non-hydrogen) atoms. The molecular formula is C20H25N5. The lowest BCUT2D eigenvalue weighted by atomic mass is 9.96. The molecule has 0 N–H and O–H groups in total. The number of benzene rings is 1. The van der Waals surface area contributed by atoms with E-state index in [0.29, 0.717) is 5.92 Å². The molecule has 4 rings (SSSR count). The molecule has 1 fully saturated rings. The fourth-order valence-corrected chi connectivity index (χ4v) is 3.74. The smallest absolute Gasteiger partial charge is 0.131 e. The maximum Gasteiger partial charge on any atom is 0.131 e. The molecule has 5 heteroatoms. The molecule has 1 aliphatic rings. The third-order valence-corrected chi connectivity index (χ3v) is 5.19. The first kappa shape index (κ1) is 16.2. The quantitative estimate of drug-likeness (QED) is 0.647. The minimum atomic E-state index is 0.537. The van der Waals surface area contributed by atoms with E-state index in [9.17, 15) is 0 Å². The summed E-state index contributed by atoms with van der Waals surface area (Å²) in [5.74, 6) is 1.56. The van der Waals surface area contributed by atoms with E-state index in [1.807, 2.05) is 30.9 Å². The molecule has 3 aromatic rings. The van der Waals surface area contributed by atoms with Crippen LogP contribution in [0.5, 0.6) is 0 Å². The molecule has 1 saturated heterocycles. The Labute approximate surface area is 148 Å². The van der Waals surface area contributed by atoms with Crippen molar-refractivity contribution >= 4 is 11.0 Å². The molecular weight excluding hydrogens is 310 g/mol. The lowest BCUT2D eigenvalue weighted by Crippen LogP contribution is -2.34. The third kappa shape index (κ3) is 3.87. The fraction of sp³-hybridized carbons (Fsp3) is 0.450. The summed E-state index contributed by atoms with van der Waals surface area (Å²) >= 11 is 0. The minimum Gasteiger partial charge on any atom is -0.331 e. The molecule has 0 bridgehead atoms. The van der Waals surface area contributed by atoms with E-state index >= 15 is 0 Å². The van der Waals surface area contributed by atoms with Gasteiger partial charge in [-0.15, -0.1) is 0 Å². The van der Waals surface area contributed by atoms with Crippen LogP contribution in [-0.4, -0.2) is 44.1 Å². The Bertz CT molecular complexity index is 790. The molecule has 5 nitrogen and oxygen atoms in total. The second-order valence-corrected chi connectivity index (χ2v) is 6.86. The largest absolute Gasteiger partial charge is 0.331 e. The predicted octanol–water partition coefficient (Wildman–Crippen LogP) is 3.49. The highest BCUT2D eigenvalue weighted by Gasteiger charge is 2.21. The van der Waals surface area contributed by atoms with Gasteiger partial charge in [-0.3, -0.25) is 0 Å². The molecule has 0 aliphatic carbocycles. The Balaban J connectivity index is 1.20. The van der Waals surface area contributed by atoms with Gasteiger partial charge in [0, 0.05) is 24.9 Å². The Morgan fingerprint density at radius 2 is 1.64 bits per heavy atom. The van der Waals surface area contributed by atoms with Gasteiger partial charge in [-0.1, -0.05) is 12.1 Å². The van der Waals surface area contributed by atoms with E-state index < -0.39 is 0 Å². The van der Waals surface area contributed by atoms with Crippen molar-refractivity contribution in [2.45, 2.75) is 38.1 Å². The van der Waals surface area contributed by atoms with Crippen molar-refractivity contribution in [3.05, 3.63) is 54.9 Å². The molecule has 0 spiro atoms. The Morgan fingerprint density at radius 3 is 2.48 bits per heavy atom. The van der Waals surface area contributed by atoms with Crippen molar-refractivity contribution in [2.75, 3.05) is 19.6 Å². The average molecular weight is 335 g/mol. The average Bonchev–Trinajstić information content (AvgIpc) is 3.10. The number of fused-ring (bicyclic) bond motifs is 1. The number of hydrogen-bond acceptors (Lipinski definition) is 4. The molecule has 0 unspecified atom stereocenters. The van der Waals surface area contributed by atoms with Crippen molar-refractivity contribution in [2.24, 2.45) is 0 Å². The van der Waals surface area contributed by atoms with Crippen molar-refractivity contribution < 1.29 is 0 Å². The van der Waals surface area contributed by atoms with Crippen LogP contribution in [0.2, 0.25) is 0 Å². The number of hydrogen-bond donors (Lipinski definition) is 0. The molecule has 2 aromatic heterocycles. The molecule has 1 aromatic carbocycles. The second kappa shape index (κ2) is 7.74. The van der Waals surface area contributed by atoms with Crippen LogP contribution in [-0.2, 0) is 6.54 Å². The standard InChI is InChI=1S/C20H25N5/c1-2-7-19-18(6-1)23-16-25(19)13-4-3-12-24-14-8-17(9-15-24)20-21-10-5-11-22-20/h1-2,5-7,10-11,16-17H,3-4,8-9,12-15H2. The lowest BCUT2D eigenvalue weighted by molar-refractivity contribution is 0.205. The highest BCUT2D eigenvalue weighted by molar-refractivity contribution is 5.74. The highest BCUT2D eigenvalue weighted by atomic mass is 15.1. The van der Waals surface area contributed by atoms with Gasteiger partial charge in [0.2, 0.25) is 0 Å². The van der Waals surface area contributed by atoms with Crippen molar-refractivity contribution in [3.63, 3.8) is 0 Å². The number of nitrogens with zero attached hydrogens (tertiary/aromatic N) is 5. The minimum absolute atomic E-state index is 0.537. The van der Waals surface area contributed by atoms with Gasteiger partial charge in [-0.05, 0) is 63.5 Å². The monoisotopic (exact) mass is 335 g/mol. The molecule has 0 radical (unpaired) electrons. The van der Waals surface area contributed by atoms with Gasteiger partial charge in [-0.25, -0.2) is 15.0 Å². The number of likely N-dealkylation sites (tertiary alicyclic amines) is 1. The first-order valence-electron chi connectivity index (χ1n) is 9.29. The third-order valence-electron chi connectivity index (χ3n) is 5.19. The van der Waals surface area contributed by atoms with Crippen LogP contribution in [0.25, 0.3) is 11.0 Å². The second-order valence-electron chi connectivity index (χ2n) is 6.86. The van der Waals surface area contributed by atoms with E-state index in [4.69, 9.17) is 0 Å². The number of aromatic nitrogens is 4. The zero-order valence-corrected chi connectivity index (χ0v) is 14.6. The van der Waals surface area contributed by atoms with Crippen molar-refractivity contribution in [1.29, 1.82) is 0 Å². The maximum atomic E-state index is 4.47. The zero-order chi connectivity index (χ0) is 16.9. The SMILES string of the molecule is c1cnc(C2CCN(CCCCn3cnc4ccccc43)CC2)nc1. The summed E-state index contributed by atoms with van der Waals surface area (Å²) in [5.41, 5.74) is 2.33. The van der Waals surface area contributed by atoms with Gasteiger partial charge < -0.3 is 9.47 Å². The molecule has 3 heterocycles. The normalized spacial score (nSPS) is 16.5. The summed E-state index contributed by atoms with van der Waals surface area (Å²) < 4.78 is 2.27.